The number of hydrogen-bond acceptors (Lipinski definition) is 4. The van der Waals surface area contributed by atoms with E-state index in [-0.39, 0.29) is 5.69 Å². The molecule has 0 atom stereocenters. The van der Waals surface area contributed by atoms with E-state index < -0.39 is 17.8 Å². The van der Waals surface area contributed by atoms with E-state index in [1.807, 2.05) is 0 Å². The highest BCUT2D eigenvalue weighted by molar-refractivity contribution is 6.41. The lowest BCUT2D eigenvalue weighted by Crippen LogP contribution is -2.52. The van der Waals surface area contributed by atoms with E-state index in [4.69, 9.17) is 5.11 Å². The zero-order valence-corrected chi connectivity index (χ0v) is 11.4. The zero-order valence-electron chi connectivity index (χ0n) is 11.4. The molecule has 112 valence electrons. The molecule has 2 amide bonds. The van der Waals surface area contributed by atoms with Gasteiger partial charge in [-0.25, -0.2) is 4.79 Å². The lowest BCUT2D eigenvalue weighted by molar-refractivity contribution is -0.138. The van der Waals surface area contributed by atoms with Gasteiger partial charge >= 0.3 is 17.8 Å². The molecule has 22 heavy (non-hydrogen) atoms. The molecule has 0 aliphatic carbocycles. The summed E-state index contributed by atoms with van der Waals surface area (Å²) in [5.74, 6) is -2.35. The fourth-order valence-electron chi connectivity index (χ4n) is 2.24. The van der Waals surface area contributed by atoms with Crippen molar-refractivity contribution in [3.63, 3.8) is 0 Å². The molecule has 1 aliphatic rings. The number of rotatable bonds is 3. The average molecular weight is 300 g/mol. The van der Waals surface area contributed by atoms with Gasteiger partial charge in [0.2, 0.25) is 0 Å². The van der Waals surface area contributed by atoms with E-state index in [1.165, 1.54) is 11.0 Å². The Kier molecular flexibility index (Phi) is 3.34. The molecular formula is C14H12N4O4. The maximum atomic E-state index is 11.9. The molecule has 8 nitrogen and oxygen atoms in total. The predicted octanol–water partition coefficient (Wildman–Crippen LogP) is 0.238. The second kappa shape index (κ2) is 5.32. The van der Waals surface area contributed by atoms with Crippen LogP contribution < -0.4 is 10.2 Å². The van der Waals surface area contributed by atoms with Crippen LogP contribution in [0, 0.1) is 0 Å². The van der Waals surface area contributed by atoms with E-state index in [2.05, 4.69) is 15.5 Å². The number of aromatic carboxylic acids is 1. The van der Waals surface area contributed by atoms with Crippen LogP contribution in [-0.2, 0) is 9.59 Å². The first kappa shape index (κ1) is 13.8. The van der Waals surface area contributed by atoms with Crippen molar-refractivity contribution >= 4 is 23.5 Å². The quantitative estimate of drug-likeness (QED) is 0.702. The standard InChI is InChI=1S/C14H12N4O4/c19-12-13(20)18(5-4-15-12)9-3-1-2-8(6-9)10-7-11(14(21)22)17-16-10/h1-3,6-7H,4-5H2,(H,15,19)(H,16,17)(H,21,22). The first-order valence-corrected chi connectivity index (χ1v) is 6.55. The number of anilines is 1. The number of H-pyrrole nitrogens is 1. The summed E-state index contributed by atoms with van der Waals surface area (Å²) in [5, 5.41) is 17.7. The topological polar surface area (TPSA) is 115 Å². The number of carboxylic acid groups (broad SMARTS) is 1. The highest BCUT2D eigenvalue weighted by Crippen LogP contribution is 2.24. The molecule has 2 heterocycles. The molecule has 1 aromatic carbocycles. The molecule has 3 N–H and O–H groups in total. The molecule has 0 radical (unpaired) electrons. The first-order valence-electron chi connectivity index (χ1n) is 6.55. The van der Waals surface area contributed by atoms with Crippen LogP contribution in [0.4, 0.5) is 5.69 Å². The Bertz CT molecular complexity index is 768. The number of carbonyl (C=O) groups excluding carboxylic acids is 2. The van der Waals surface area contributed by atoms with Crippen molar-refractivity contribution in [1.29, 1.82) is 0 Å². The Morgan fingerprint density at radius 3 is 2.82 bits per heavy atom. The molecule has 1 saturated heterocycles. The highest BCUT2D eigenvalue weighted by Gasteiger charge is 2.27. The Morgan fingerprint density at radius 1 is 1.27 bits per heavy atom. The van der Waals surface area contributed by atoms with Crippen LogP contribution >= 0.6 is 0 Å². The van der Waals surface area contributed by atoms with Gasteiger partial charge in [0.15, 0.2) is 0 Å². The van der Waals surface area contributed by atoms with Crippen molar-refractivity contribution in [3.8, 4) is 11.3 Å². The molecule has 1 aliphatic heterocycles. The number of nitrogens with one attached hydrogen (secondary N) is 2. The van der Waals surface area contributed by atoms with Crippen molar-refractivity contribution in [2.75, 3.05) is 18.0 Å². The van der Waals surface area contributed by atoms with Gasteiger partial charge in [-0.15, -0.1) is 0 Å². The van der Waals surface area contributed by atoms with Crippen molar-refractivity contribution in [2.24, 2.45) is 0 Å². The molecule has 1 fully saturated rings. The van der Waals surface area contributed by atoms with Crippen molar-refractivity contribution in [1.82, 2.24) is 15.5 Å². The summed E-state index contributed by atoms with van der Waals surface area (Å²) in [6.45, 7) is 0.773. The molecule has 0 unspecified atom stereocenters. The maximum absolute atomic E-state index is 11.9. The fourth-order valence-corrected chi connectivity index (χ4v) is 2.24. The number of aromatic amines is 1. The summed E-state index contributed by atoms with van der Waals surface area (Å²) in [6, 6.07) is 8.29. The van der Waals surface area contributed by atoms with E-state index in [1.54, 1.807) is 24.3 Å². The summed E-state index contributed by atoms with van der Waals surface area (Å²) in [5.41, 5.74) is 1.65. The van der Waals surface area contributed by atoms with E-state index in [9.17, 15) is 14.4 Å². The van der Waals surface area contributed by atoms with Crippen LogP contribution in [0.3, 0.4) is 0 Å². The minimum absolute atomic E-state index is 0.0196. The Hall–Kier alpha value is -3.16. The lowest BCUT2D eigenvalue weighted by Gasteiger charge is -2.26. The number of benzene rings is 1. The van der Waals surface area contributed by atoms with E-state index >= 15 is 0 Å². The SMILES string of the molecule is O=C1NCCN(c2cccc(-c3cc(C(=O)O)[nH]n3)c2)C1=O. The minimum atomic E-state index is -1.10. The van der Waals surface area contributed by atoms with Crippen LogP contribution in [-0.4, -0.2) is 46.2 Å². The second-order valence-corrected chi connectivity index (χ2v) is 4.74. The van der Waals surface area contributed by atoms with E-state index in [0.717, 1.165) is 0 Å². The van der Waals surface area contributed by atoms with Crippen LogP contribution in [0.5, 0.6) is 0 Å². The molecular weight excluding hydrogens is 288 g/mol. The maximum Gasteiger partial charge on any atom is 0.353 e. The third-order valence-electron chi connectivity index (χ3n) is 3.32. The molecule has 0 bridgehead atoms. The van der Waals surface area contributed by atoms with Gasteiger partial charge in [-0.2, -0.15) is 5.10 Å². The summed E-state index contributed by atoms with van der Waals surface area (Å²) >= 11 is 0. The number of piperazine rings is 1. The number of carboxylic acids is 1. The number of aromatic nitrogens is 2. The molecule has 1 aromatic heterocycles. The van der Waals surface area contributed by atoms with Gasteiger partial charge in [0.1, 0.15) is 5.69 Å². The van der Waals surface area contributed by atoms with Crippen molar-refractivity contribution in [2.45, 2.75) is 0 Å². The van der Waals surface area contributed by atoms with Gasteiger partial charge in [-0.05, 0) is 18.2 Å². The first-order chi connectivity index (χ1) is 10.6. The van der Waals surface area contributed by atoms with Crippen molar-refractivity contribution < 1.29 is 19.5 Å². The number of nitrogens with zero attached hydrogens (tertiary/aromatic N) is 2. The third kappa shape index (κ3) is 2.41. The Balaban J connectivity index is 1.93. The third-order valence-corrected chi connectivity index (χ3v) is 3.32. The lowest BCUT2D eigenvalue weighted by atomic mass is 10.1. The summed E-state index contributed by atoms with van der Waals surface area (Å²) in [4.78, 5) is 35.6. The van der Waals surface area contributed by atoms with Crippen molar-refractivity contribution in [3.05, 3.63) is 36.0 Å². The van der Waals surface area contributed by atoms with Gasteiger partial charge in [0.25, 0.3) is 0 Å². The number of amides is 2. The molecule has 8 heteroatoms. The van der Waals surface area contributed by atoms with Crippen LogP contribution in [0.2, 0.25) is 0 Å². The Labute approximate surface area is 124 Å². The molecule has 2 aromatic rings. The normalized spacial score (nSPS) is 14.8. The van der Waals surface area contributed by atoms with Crippen LogP contribution in [0.25, 0.3) is 11.3 Å². The fraction of sp³-hybridized carbons (Fsp3) is 0.143. The molecule has 3 rings (SSSR count). The molecule has 0 saturated carbocycles. The Morgan fingerprint density at radius 2 is 2.09 bits per heavy atom. The van der Waals surface area contributed by atoms with Gasteiger partial charge in [-0.3, -0.25) is 14.7 Å². The highest BCUT2D eigenvalue weighted by atomic mass is 16.4. The smallest absolute Gasteiger partial charge is 0.353 e. The summed E-state index contributed by atoms with van der Waals surface area (Å²) in [7, 11) is 0. The predicted molar refractivity (Wildman–Crippen MR) is 76.3 cm³/mol. The monoisotopic (exact) mass is 300 g/mol. The van der Waals surface area contributed by atoms with E-state index in [0.29, 0.717) is 30.0 Å². The summed E-state index contributed by atoms with van der Waals surface area (Å²) in [6.07, 6.45) is 0. The summed E-state index contributed by atoms with van der Waals surface area (Å²) < 4.78 is 0. The molecule has 0 spiro atoms. The van der Waals surface area contributed by atoms with Crippen LogP contribution in [0.1, 0.15) is 10.5 Å². The van der Waals surface area contributed by atoms with Gasteiger partial charge < -0.3 is 15.3 Å². The van der Waals surface area contributed by atoms with Crippen LogP contribution in [0.15, 0.2) is 30.3 Å². The largest absolute Gasteiger partial charge is 0.477 e. The number of hydrogen-bond donors (Lipinski definition) is 3. The van der Waals surface area contributed by atoms with Gasteiger partial charge in [-0.1, -0.05) is 12.1 Å². The number of carbonyl (C=O) groups is 3. The average Bonchev–Trinajstić information content (AvgIpc) is 3.00. The zero-order chi connectivity index (χ0) is 15.7. The van der Waals surface area contributed by atoms with Gasteiger partial charge in [0, 0.05) is 24.3 Å². The van der Waals surface area contributed by atoms with Gasteiger partial charge in [0.05, 0.1) is 5.69 Å². The minimum Gasteiger partial charge on any atom is -0.477 e. The second-order valence-electron chi connectivity index (χ2n) is 4.74.